The Labute approximate surface area is 645 Å². The first-order valence-electron chi connectivity index (χ1n) is 36.7. The molecule has 0 aliphatic heterocycles. The van der Waals surface area contributed by atoms with Crippen molar-refractivity contribution in [2.24, 2.45) is 5.41 Å². The number of anilines is 3. The van der Waals surface area contributed by atoms with Crippen molar-refractivity contribution in [1.82, 2.24) is 90.4 Å². The number of nitrogens with one attached hydrogen (secondary N) is 9. The molecule has 0 atom stereocenters. The predicted molar refractivity (Wildman–Crippen MR) is 444 cm³/mol. The highest BCUT2D eigenvalue weighted by Gasteiger charge is 2.22. The van der Waals surface area contributed by atoms with E-state index in [2.05, 4.69) is 110 Å². The van der Waals surface area contributed by atoms with E-state index in [9.17, 15) is 14.4 Å². The molecular weight excluding hydrogens is 1410 g/mol. The van der Waals surface area contributed by atoms with E-state index < -0.39 is 0 Å². The lowest BCUT2D eigenvalue weighted by molar-refractivity contribution is -0.118. The summed E-state index contributed by atoms with van der Waals surface area (Å²) in [5.74, 6) is 1.81. The van der Waals surface area contributed by atoms with E-state index in [0.29, 0.717) is 52.9 Å². The molecule has 0 saturated heterocycles. The average Bonchev–Trinajstić information content (AvgIpc) is 1.65. The van der Waals surface area contributed by atoms with Crippen molar-refractivity contribution in [2.75, 3.05) is 16.0 Å². The van der Waals surface area contributed by atoms with Crippen LogP contribution in [-0.2, 0) is 9.59 Å². The molecule has 9 N–H and O–H groups in total. The molecule has 0 fully saturated rings. The number of H-pyrrole nitrogens is 6. The van der Waals surface area contributed by atoms with Gasteiger partial charge in [0, 0.05) is 140 Å². The number of hydrogen-bond acceptors (Lipinski definition) is 15. The number of nitrogens with zero attached hydrogens (tertiary/aromatic N) is 12. The van der Waals surface area contributed by atoms with Crippen LogP contribution in [0.1, 0.15) is 57.3 Å². The van der Waals surface area contributed by atoms with Crippen LogP contribution in [0.3, 0.4) is 0 Å². The zero-order valence-electron chi connectivity index (χ0n) is 61.6. The molecule has 550 valence electrons. The van der Waals surface area contributed by atoms with Crippen LogP contribution in [-0.4, -0.2) is 108 Å². The van der Waals surface area contributed by atoms with E-state index in [1.807, 2.05) is 210 Å². The summed E-state index contributed by atoms with van der Waals surface area (Å²) in [6.07, 6.45) is 22.8. The summed E-state index contributed by atoms with van der Waals surface area (Å²) in [7, 11) is 0. The van der Waals surface area contributed by atoms with Crippen LogP contribution >= 0.6 is 0 Å². The average molecular weight is 1480 g/mol. The number of rotatable bonds is 16. The third-order valence-corrected chi connectivity index (χ3v) is 19.1. The molecule has 12 aromatic heterocycles. The fourth-order valence-electron chi connectivity index (χ4n) is 13.7. The molecular formula is C89H71N21O3. The smallest absolute Gasteiger partial charge is 0.255 e. The second kappa shape index (κ2) is 30.7. The zero-order chi connectivity index (χ0) is 76.9. The highest BCUT2D eigenvalue weighted by molar-refractivity contribution is 6.06. The number of imidazole rings is 3. The Morgan fingerprint density at radius 2 is 0.717 bits per heavy atom. The zero-order valence-corrected chi connectivity index (χ0v) is 61.6. The molecule has 7 aromatic carbocycles. The van der Waals surface area contributed by atoms with Crippen molar-refractivity contribution < 1.29 is 14.4 Å². The van der Waals surface area contributed by atoms with E-state index in [-0.39, 0.29) is 23.1 Å². The van der Waals surface area contributed by atoms with Gasteiger partial charge >= 0.3 is 0 Å². The van der Waals surface area contributed by atoms with Crippen LogP contribution in [0.4, 0.5) is 17.1 Å². The molecule has 24 heteroatoms. The summed E-state index contributed by atoms with van der Waals surface area (Å²) in [6, 6.07) is 63.1. The number of aromatic amines is 6. The van der Waals surface area contributed by atoms with Crippen molar-refractivity contribution >= 4 is 101 Å². The Bertz CT molecular complexity index is 6720. The van der Waals surface area contributed by atoms with Crippen LogP contribution in [0.5, 0.6) is 0 Å². The summed E-state index contributed by atoms with van der Waals surface area (Å²) >= 11 is 0. The summed E-state index contributed by atoms with van der Waals surface area (Å²) in [4.78, 5) is 88.0. The van der Waals surface area contributed by atoms with E-state index in [1.165, 1.54) is 0 Å². The lowest BCUT2D eigenvalue weighted by Crippen LogP contribution is -2.19. The number of carbonyl (C=O) groups excluding carboxylic acids is 3. The molecule has 19 aromatic rings. The van der Waals surface area contributed by atoms with E-state index in [0.717, 1.165) is 156 Å². The predicted octanol–water partition coefficient (Wildman–Crippen LogP) is 19.1. The minimum atomic E-state index is -0.183. The van der Waals surface area contributed by atoms with Crippen molar-refractivity contribution in [3.8, 4) is 101 Å². The molecule has 0 bridgehead atoms. The Morgan fingerprint density at radius 3 is 1.08 bits per heavy atom. The first-order chi connectivity index (χ1) is 55.3. The quantitative estimate of drug-likeness (QED) is 0.0434. The highest BCUT2D eigenvalue weighted by atomic mass is 16.2. The number of carbonyl (C=O) groups is 3. The number of pyridine rings is 6. The van der Waals surface area contributed by atoms with Gasteiger partial charge in [0.05, 0.1) is 85.3 Å². The minimum absolute atomic E-state index is 0.0143. The lowest BCUT2D eigenvalue weighted by atomic mass is 9.92. The minimum Gasteiger partial charge on any atom is -0.337 e. The fourth-order valence-corrected chi connectivity index (χ4v) is 13.7. The third-order valence-electron chi connectivity index (χ3n) is 19.1. The molecule has 0 spiro atoms. The maximum absolute atomic E-state index is 12.6. The largest absolute Gasteiger partial charge is 0.337 e. The number of amides is 3. The summed E-state index contributed by atoms with van der Waals surface area (Å²) in [6.45, 7) is 8.11. The first kappa shape index (κ1) is 70.6. The second-order valence-corrected chi connectivity index (χ2v) is 28.4. The molecule has 113 heavy (non-hydrogen) atoms. The van der Waals surface area contributed by atoms with Crippen LogP contribution in [0.15, 0.2) is 268 Å². The maximum Gasteiger partial charge on any atom is 0.255 e. The lowest BCUT2D eigenvalue weighted by Gasteiger charge is -2.17. The van der Waals surface area contributed by atoms with Gasteiger partial charge in [0.2, 0.25) is 11.8 Å². The summed E-state index contributed by atoms with van der Waals surface area (Å²) in [5.41, 5.74) is 24.3. The molecule has 3 amide bonds. The highest BCUT2D eigenvalue weighted by Crippen LogP contribution is 2.39. The Morgan fingerprint density at radius 1 is 0.345 bits per heavy atom. The fraction of sp³-hybridized carbons (Fsp3) is 0.0899. The molecule has 12 heterocycles. The SMILES string of the molecule is CC(C)(C)CC(=O)Nc1cncc(-c2ccc3[nH]nc(-c4nc5c(-c6cccnc6)cccc5[nH]4)c3c2)c1.CCCC(=O)Nc1cncc(-c2ccc3[nH]nc(-c4nc5c(-c6cccnc6)cccc5[nH]4)c3c2)c1.O=C(Nc1cncc(-c2ccc3[nH]nc(-c4nc5c(-c6cccnc6)cccc5[nH]4)c3c2)c1)c1ccccc1. The second-order valence-electron chi connectivity index (χ2n) is 28.4. The molecule has 0 saturated carbocycles. The van der Waals surface area contributed by atoms with Gasteiger partial charge in [-0.3, -0.25) is 59.6 Å². The molecule has 19 rings (SSSR count). The summed E-state index contributed by atoms with van der Waals surface area (Å²) in [5, 5.41) is 34.7. The number of benzene rings is 7. The topological polar surface area (TPSA) is 337 Å². The first-order valence-corrected chi connectivity index (χ1v) is 36.7. The van der Waals surface area contributed by atoms with Crippen LogP contribution in [0, 0.1) is 5.41 Å². The number of aromatic nitrogens is 18. The van der Waals surface area contributed by atoms with Gasteiger partial charge in [-0.05, 0) is 132 Å². The summed E-state index contributed by atoms with van der Waals surface area (Å²) < 4.78 is 0. The van der Waals surface area contributed by atoms with Gasteiger partial charge in [0.15, 0.2) is 17.5 Å². The van der Waals surface area contributed by atoms with Crippen molar-refractivity contribution in [3.63, 3.8) is 0 Å². The Kier molecular flexibility index (Phi) is 19.2. The van der Waals surface area contributed by atoms with E-state index in [4.69, 9.17) is 15.0 Å². The van der Waals surface area contributed by atoms with Gasteiger partial charge in [-0.1, -0.05) is 119 Å². The number of hydrogen-bond donors (Lipinski definition) is 9. The maximum atomic E-state index is 12.6. The molecule has 24 nitrogen and oxygen atoms in total. The number of fused-ring (bicyclic) bond motifs is 6. The normalized spacial score (nSPS) is 11.4. The van der Waals surface area contributed by atoms with Gasteiger partial charge in [-0.25, -0.2) is 15.0 Å². The van der Waals surface area contributed by atoms with Gasteiger partial charge < -0.3 is 30.9 Å². The standard InChI is InChI=1S/C31H21N7O.C30H27N7O.C28H23N7O/c39-31(19-6-2-1-3-7-19)34-23-14-22(17-33-18-23)20-11-12-26-25(15-20)29(38-37-26)30-35-27-10-4-9-24(28(27)36-30)21-8-5-13-32-16-21;1-30(2,3)14-26(38)33-21-12-20(16-32-17-21)18-9-10-24-23(13-18)28(37-36-24)29-34-25-8-4-7-22(27(25)35-29)19-6-5-11-31-15-19;1-2-5-25(36)31-20-12-19(15-30-16-20)17-9-10-23-22(13-17)27(35-34-23)28-32-24-8-3-7-21(26(24)33-28)18-6-4-11-29-14-18/h1-18H,(H,34,39)(H,35,36)(H,37,38);4-13,15-17H,14H2,1-3H3,(H,33,38)(H,34,35)(H,36,37);3-4,6-16H,2,5H2,1H3,(H,31,36)(H,32,33)(H,34,35). The monoisotopic (exact) mass is 1480 g/mol. The van der Waals surface area contributed by atoms with Crippen LogP contribution in [0.25, 0.3) is 167 Å². The third kappa shape index (κ3) is 15.2. The molecule has 0 aliphatic carbocycles. The molecule has 0 unspecified atom stereocenters. The molecule has 0 radical (unpaired) electrons. The van der Waals surface area contributed by atoms with E-state index in [1.54, 1.807) is 67.9 Å². The number of para-hydroxylation sites is 3. The van der Waals surface area contributed by atoms with Crippen molar-refractivity contribution in [3.05, 3.63) is 274 Å². The van der Waals surface area contributed by atoms with Gasteiger partial charge in [0.1, 0.15) is 17.1 Å². The van der Waals surface area contributed by atoms with E-state index >= 15 is 0 Å². The Hall–Kier alpha value is -15.3. The van der Waals surface area contributed by atoms with Gasteiger partial charge in [0.25, 0.3) is 5.91 Å². The Balaban J connectivity index is 0.000000123. The van der Waals surface area contributed by atoms with Crippen molar-refractivity contribution in [1.29, 1.82) is 0 Å². The van der Waals surface area contributed by atoms with Gasteiger partial charge in [-0.2, -0.15) is 15.3 Å². The van der Waals surface area contributed by atoms with Crippen LogP contribution < -0.4 is 16.0 Å². The van der Waals surface area contributed by atoms with Crippen LogP contribution in [0.2, 0.25) is 0 Å². The molecule has 0 aliphatic rings. The van der Waals surface area contributed by atoms with Crippen molar-refractivity contribution in [2.45, 2.75) is 47.0 Å². The van der Waals surface area contributed by atoms with Gasteiger partial charge in [-0.15, -0.1) is 0 Å².